The molecule has 0 heterocycles. The number of hydrogen-bond acceptors (Lipinski definition) is 3. The first-order valence-electron chi connectivity index (χ1n) is 8.96. The van der Waals surface area contributed by atoms with E-state index < -0.39 is 0 Å². The van der Waals surface area contributed by atoms with Crippen LogP contribution in [0.15, 0.2) is 12.1 Å². The highest BCUT2D eigenvalue weighted by Crippen LogP contribution is 2.37. The summed E-state index contributed by atoms with van der Waals surface area (Å²) in [4.78, 5) is 0. The maximum Gasteiger partial charge on any atom is 0.164 e. The third-order valence-corrected chi connectivity index (χ3v) is 3.82. The average Bonchev–Trinajstić information content (AvgIpc) is 2.56. The fraction of sp³-hybridized carbons (Fsp3) is 0.684. The fourth-order valence-corrected chi connectivity index (χ4v) is 2.68. The summed E-state index contributed by atoms with van der Waals surface area (Å²) in [5.41, 5.74) is 6.36. The number of nitrogens with two attached hydrogens (primary N) is 1. The second-order valence-electron chi connectivity index (χ2n) is 5.93. The summed E-state index contributed by atoms with van der Waals surface area (Å²) in [6.07, 6.45) is 5.58. The lowest BCUT2D eigenvalue weighted by atomic mass is 9.89. The van der Waals surface area contributed by atoms with Gasteiger partial charge in [-0.15, -0.1) is 0 Å². The first-order chi connectivity index (χ1) is 11.2. The SMILES string of the molecule is CCCOc1cc(F)c(C(CCC)CCCN)cc1OCCC. The van der Waals surface area contributed by atoms with Crippen molar-refractivity contribution in [1.29, 1.82) is 0 Å². The van der Waals surface area contributed by atoms with Gasteiger partial charge in [0.25, 0.3) is 0 Å². The van der Waals surface area contributed by atoms with Gasteiger partial charge in [-0.3, -0.25) is 0 Å². The smallest absolute Gasteiger partial charge is 0.164 e. The molecule has 0 radical (unpaired) electrons. The van der Waals surface area contributed by atoms with Crippen molar-refractivity contribution in [2.45, 2.75) is 65.2 Å². The van der Waals surface area contributed by atoms with Crippen LogP contribution in [0.2, 0.25) is 0 Å². The van der Waals surface area contributed by atoms with E-state index in [0.29, 0.717) is 31.3 Å². The number of ether oxygens (including phenoxy) is 2. The van der Waals surface area contributed by atoms with Crippen molar-refractivity contribution in [3.63, 3.8) is 0 Å². The Bertz CT molecular complexity index is 451. The Labute approximate surface area is 140 Å². The maximum atomic E-state index is 14.6. The summed E-state index contributed by atoms with van der Waals surface area (Å²) in [6.45, 7) is 8.01. The molecule has 1 aromatic rings. The molecule has 0 aliphatic heterocycles. The highest BCUT2D eigenvalue weighted by atomic mass is 19.1. The van der Waals surface area contributed by atoms with Crippen LogP contribution >= 0.6 is 0 Å². The van der Waals surface area contributed by atoms with Gasteiger partial charge in [0.15, 0.2) is 11.5 Å². The quantitative estimate of drug-likeness (QED) is 0.586. The Morgan fingerprint density at radius 1 is 0.957 bits per heavy atom. The van der Waals surface area contributed by atoms with Gasteiger partial charge < -0.3 is 15.2 Å². The van der Waals surface area contributed by atoms with E-state index >= 15 is 0 Å². The van der Waals surface area contributed by atoms with Gasteiger partial charge in [0.1, 0.15) is 5.82 Å². The second-order valence-corrected chi connectivity index (χ2v) is 5.93. The first-order valence-corrected chi connectivity index (χ1v) is 8.96. The van der Waals surface area contributed by atoms with E-state index in [0.717, 1.165) is 44.1 Å². The molecule has 1 atom stereocenters. The van der Waals surface area contributed by atoms with Crippen LogP contribution < -0.4 is 15.2 Å². The molecule has 0 saturated carbocycles. The van der Waals surface area contributed by atoms with E-state index in [1.54, 1.807) is 0 Å². The van der Waals surface area contributed by atoms with Crippen LogP contribution in [-0.2, 0) is 0 Å². The van der Waals surface area contributed by atoms with Crippen LogP contribution in [0.1, 0.15) is 70.8 Å². The van der Waals surface area contributed by atoms with Crippen molar-refractivity contribution >= 4 is 0 Å². The summed E-state index contributed by atoms with van der Waals surface area (Å²) in [5.74, 6) is 1.16. The van der Waals surface area contributed by atoms with Crippen molar-refractivity contribution in [3.05, 3.63) is 23.5 Å². The van der Waals surface area contributed by atoms with Gasteiger partial charge in [-0.05, 0) is 56.2 Å². The van der Waals surface area contributed by atoms with E-state index in [1.165, 1.54) is 6.07 Å². The molecule has 0 fully saturated rings. The number of halogens is 1. The van der Waals surface area contributed by atoms with Crippen LogP contribution in [0, 0.1) is 5.82 Å². The van der Waals surface area contributed by atoms with Gasteiger partial charge in [0.05, 0.1) is 13.2 Å². The van der Waals surface area contributed by atoms with Gasteiger partial charge in [0, 0.05) is 6.07 Å². The predicted octanol–water partition coefficient (Wildman–Crippen LogP) is 5.03. The van der Waals surface area contributed by atoms with Crippen molar-refractivity contribution in [1.82, 2.24) is 0 Å². The molecule has 1 aromatic carbocycles. The zero-order valence-corrected chi connectivity index (χ0v) is 14.9. The molecule has 0 aliphatic carbocycles. The maximum absolute atomic E-state index is 14.6. The number of rotatable bonds is 12. The molecular formula is C19H32FNO2. The molecule has 0 aliphatic rings. The second kappa shape index (κ2) is 11.3. The van der Waals surface area contributed by atoms with Crippen molar-refractivity contribution in [3.8, 4) is 11.5 Å². The standard InChI is InChI=1S/C19H32FNO2/c1-4-8-15(9-7-10-21)16-13-18(22-11-5-2)19(14-17(16)20)23-12-6-3/h13-15H,4-12,21H2,1-3H3. The van der Waals surface area contributed by atoms with E-state index in [4.69, 9.17) is 15.2 Å². The summed E-state index contributed by atoms with van der Waals surface area (Å²) < 4.78 is 26.1. The molecule has 4 heteroatoms. The van der Waals surface area contributed by atoms with Gasteiger partial charge in [-0.1, -0.05) is 27.2 Å². The Balaban J connectivity index is 3.08. The van der Waals surface area contributed by atoms with E-state index in [2.05, 4.69) is 13.8 Å². The largest absolute Gasteiger partial charge is 0.490 e. The predicted molar refractivity (Wildman–Crippen MR) is 93.9 cm³/mol. The van der Waals surface area contributed by atoms with Gasteiger partial charge in [-0.2, -0.15) is 0 Å². The molecule has 2 N–H and O–H groups in total. The molecule has 23 heavy (non-hydrogen) atoms. The lowest BCUT2D eigenvalue weighted by Crippen LogP contribution is -2.08. The zero-order chi connectivity index (χ0) is 17.1. The molecule has 1 unspecified atom stereocenters. The number of hydrogen-bond donors (Lipinski definition) is 1. The Morgan fingerprint density at radius 2 is 1.57 bits per heavy atom. The third kappa shape index (κ3) is 6.38. The minimum absolute atomic E-state index is 0.188. The van der Waals surface area contributed by atoms with Crippen LogP contribution in [-0.4, -0.2) is 19.8 Å². The fourth-order valence-electron chi connectivity index (χ4n) is 2.68. The molecular weight excluding hydrogens is 293 g/mol. The molecule has 0 bridgehead atoms. The minimum atomic E-state index is -0.199. The summed E-state index contributed by atoms with van der Waals surface area (Å²) in [6, 6.07) is 3.33. The molecule has 3 nitrogen and oxygen atoms in total. The van der Waals surface area contributed by atoms with Crippen molar-refractivity contribution in [2.75, 3.05) is 19.8 Å². The average molecular weight is 325 g/mol. The Kier molecular flexibility index (Phi) is 9.69. The molecule has 1 rings (SSSR count). The van der Waals surface area contributed by atoms with Crippen LogP contribution in [0.3, 0.4) is 0 Å². The lowest BCUT2D eigenvalue weighted by Gasteiger charge is -2.20. The topological polar surface area (TPSA) is 44.5 Å². The highest BCUT2D eigenvalue weighted by Gasteiger charge is 2.19. The van der Waals surface area contributed by atoms with Gasteiger partial charge in [-0.25, -0.2) is 4.39 Å². The van der Waals surface area contributed by atoms with Crippen molar-refractivity contribution < 1.29 is 13.9 Å². The Hall–Kier alpha value is -1.29. The van der Waals surface area contributed by atoms with E-state index in [1.807, 2.05) is 13.0 Å². The summed E-state index contributed by atoms with van der Waals surface area (Å²) in [5, 5.41) is 0. The van der Waals surface area contributed by atoms with Gasteiger partial charge >= 0.3 is 0 Å². The monoisotopic (exact) mass is 325 g/mol. The molecule has 0 aromatic heterocycles. The zero-order valence-electron chi connectivity index (χ0n) is 14.9. The summed E-state index contributed by atoms with van der Waals surface area (Å²) >= 11 is 0. The van der Waals surface area contributed by atoms with Crippen LogP contribution in [0.4, 0.5) is 4.39 Å². The van der Waals surface area contributed by atoms with Crippen LogP contribution in [0.5, 0.6) is 11.5 Å². The van der Waals surface area contributed by atoms with E-state index in [-0.39, 0.29) is 11.7 Å². The number of benzene rings is 1. The molecule has 132 valence electrons. The van der Waals surface area contributed by atoms with Gasteiger partial charge in [0.2, 0.25) is 0 Å². The normalized spacial score (nSPS) is 12.2. The van der Waals surface area contributed by atoms with E-state index in [9.17, 15) is 4.39 Å². The summed E-state index contributed by atoms with van der Waals surface area (Å²) in [7, 11) is 0. The van der Waals surface area contributed by atoms with Crippen molar-refractivity contribution in [2.24, 2.45) is 5.73 Å². The minimum Gasteiger partial charge on any atom is -0.490 e. The third-order valence-electron chi connectivity index (χ3n) is 3.82. The molecule has 0 saturated heterocycles. The molecule has 0 amide bonds. The molecule has 0 spiro atoms. The van der Waals surface area contributed by atoms with Crippen LogP contribution in [0.25, 0.3) is 0 Å². The highest BCUT2D eigenvalue weighted by molar-refractivity contribution is 5.45. The lowest BCUT2D eigenvalue weighted by molar-refractivity contribution is 0.266. The Morgan fingerprint density at radius 3 is 2.09 bits per heavy atom. The first kappa shape index (κ1) is 19.8.